The van der Waals surface area contributed by atoms with Crippen molar-refractivity contribution >= 4 is 29.4 Å². The van der Waals surface area contributed by atoms with Gasteiger partial charge in [-0.2, -0.15) is 5.10 Å². The van der Waals surface area contributed by atoms with Gasteiger partial charge in [0.2, 0.25) is 11.8 Å². The van der Waals surface area contributed by atoms with E-state index in [2.05, 4.69) is 21.0 Å². The lowest BCUT2D eigenvalue weighted by atomic mass is 9.91. The molecular formula is C30H41N7O4. The Morgan fingerprint density at radius 2 is 1.78 bits per heavy atom. The number of primary amides is 1. The summed E-state index contributed by atoms with van der Waals surface area (Å²) in [7, 11) is 1.70. The molecule has 1 aromatic carbocycles. The van der Waals surface area contributed by atoms with Crippen molar-refractivity contribution in [3.63, 3.8) is 0 Å². The van der Waals surface area contributed by atoms with Crippen molar-refractivity contribution in [2.75, 3.05) is 11.9 Å². The molecule has 0 radical (unpaired) electrons. The van der Waals surface area contributed by atoms with Crippen molar-refractivity contribution in [2.24, 2.45) is 24.6 Å². The standard InChI is InChI=1S/C30H41N7O4/c1-18(2)23-17-37(29(41)34-23)30(28(31)40)15-20-10-11-22(14-21(20)16-30)33-27(39)25(19-8-6-4-5-7-9-19)35-26(38)24-12-13-32-36(24)3/h10-14,18-19,23,25H,4-9,15-17H2,1-3H3,(H2,31,40)(H,33,39)(H,34,41)(H,35,38)/t23-,25-,30?/m0/s1. The van der Waals surface area contributed by atoms with E-state index in [0.717, 1.165) is 49.7 Å². The van der Waals surface area contributed by atoms with Gasteiger partial charge in [-0.15, -0.1) is 0 Å². The van der Waals surface area contributed by atoms with Crippen molar-refractivity contribution < 1.29 is 19.2 Å². The van der Waals surface area contributed by atoms with E-state index in [1.165, 1.54) is 4.68 Å². The Balaban J connectivity index is 1.35. The van der Waals surface area contributed by atoms with Gasteiger partial charge in [-0.25, -0.2) is 4.79 Å². The Morgan fingerprint density at radius 3 is 2.39 bits per heavy atom. The van der Waals surface area contributed by atoms with Gasteiger partial charge in [0.1, 0.15) is 17.3 Å². The molecule has 1 aromatic heterocycles. The van der Waals surface area contributed by atoms with Crippen LogP contribution in [0.25, 0.3) is 0 Å². The fraction of sp³-hybridized carbons (Fsp3) is 0.567. The molecule has 0 spiro atoms. The SMILES string of the molecule is CC(C)[C@@H]1CN(C2(C(N)=O)Cc3ccc(NC(=O)[C@@H](NC(=O)c4ccnn4C)C4CCCCCC4)cc3C2)C(=O)N1. The minimum Gasteiger partial charge on any atom is -0.368 e. The van der Waals surface area contributed by atoms with E-state index in [0.29, 0.717) is 24.3 Å². The summed E-state index contributed by atoms with van der Waals surface area (Å²) < 4.78 is 1.49. The molecule has 220 valence electrons. The third kappa shape index (κ3) is 5.67. The second kappa shape index (κ2) is 11.5. The quantitative estimate of drug-likeness (QED) is 0.364. The van der Waals surface area contributed by atoms with E-state index in [1.807, 2.05) is 32.0 Å². The molecule has 5 N–H and O–H groups in total. The monoisotopic (exact) mass is 563 g/mol. The van der Waals surface area contributed by atoms with Crippen LogP contribution in [0.1, 0.15) is 74.0 Å². The number of carbonyl (C=O) groups excluding carboxylic acids is 4. The van der Waals surface area contributed by atoms with E-state index >= 15 is 0 Å². The molecule has 2 aliphatic carbocycles. The molecule has 2 fully saturated rings. The molecule has 3 atom stereocenters. The number of nitrogens with two attached hydrogens (primary N) is 1. The molecule has 1 aliphatic heterocycles. The first-order valence-corrected chi connectivity index (χ1v) is 14.7. The lowest BCUT2D eigenvalue weighted by molar-refractivity contribution is -0.127. The van der Waals surface area contributed by atoms with Crippen LogP contribution in [0.2, 0.25) is 0 Å². The fourth-order valence-corrected chi connectivity index (χ4v) is 6.61. The van der Waals surface area contributed by atoms with E-state index in [-0.39, 0.29) is 42.1 Å². The molecule has 3 aliphatic rings. The largest absolute Gasteiger partial charge is 0.368 e. The Bertz CT molecular complexity index is 1330. The molecule has 1 saturated heterocycles. The van der Waals surface area contributed by atoms with Crippen LogP contribution in [0.4, 0.5) is 10.5 Å². The number of nitrogens with zero attached hydrogens (tertiary/aromatic N) is 3. The van der Waals surface area contributed by atoms with Crippen molar-refractivity contribution in [3.8, 4) is 0 Å². The molecule has 2 aromatic rings. The lowest BCUT2D eigenvalue weighted by Crippen LogP contribution is -2.59. The normalized spacial score (nSPS) is 23.6. The van der Waals surface area contributed by atoms with Gasteiger partial charge in [0.05, 0.1) is 6.04 Å². The molecular weight excluding hydrogens is 522 g/mol. The summed E-state index contributed by atoms with van der Waals surface area (Å²) in [4.78, 5) is 54.2. The Morgan fingerprint density at radius 1 is 1.07 bits per heavy atom. The van der Waals surface area contributed by atoms with Crippen molar-refractivity contribution in [1.82, 2.24) is 25.3 Å². The third-order valence-corrected chi connectivity index (χ3v) is 9.15. The number of aryl methyl sites for hydroxylation is 1. The van der Waals surface area contributed by atoms with Crippen molar-refractivity contribution in [2.45, 2.75) is 82.8 Å². The maximum Gasteiger partial charge on any atom is 0.318 e. The predicted octanol–water partition coefficient (Wildman–Crippen LogP) is 2.50. The van der Waals surface area contributed by atoms with Crippen LogP contribution in [-0.4, -0.2) is 62.6 Å². The van der Waals surface area contributed by atoms with E-state index < -0.39 is 17.5 Å². The zero-order valence-electron chi connectivity index (χ0n) is 24.1. The van der Waals surface area contributed by atoms with E-state index in [9.17, 15) is 19.2 Å². The third-order valence-electron chi connectivity index (χ3n) is 9.15. The van der Waals surface area contributed by atoms with Crippen LogP contribution in [-0.2, 0) is 29.5 Å². The Hall–Kier alpha value is -3.89. The summed E-state index contributed by atoms with van der Waals surface area (Å²) in [5, 5.41) is 13.1. The summed E-state index contributed by atoms with van der Waals surface area (Å²) >= 11 is 0. The highest BCUT2D eigenvalue weighted by Crippen LogP contribution is 2.38. The molecule has 5 amide bonds. The molecule has 2 heterocycles. The first-order valence-electron chi connectivity index (χ1n) is 14.7. The summed E-state index contributed by atoms with van der Waals surface area (Å²) in [5.74, 6) is -0.901. The molecule has 1 saturated carbocycles. The van der Waals surface area contributed by atoms with Crippen molar-refractivity contribution in [1.29, 1.82) is 0 Å². The number of hydrogen-bond acceptors (Lipinski definition) is 5. The minimum atomic E-state index is -1.15. The molecule has 11 heteroatoms. The molecule has 0 bridgehead atoms. The van der Waals surface area contributed by atoms with E-state index in [1.54, 1.807) is 24.2 Å². The highest BCUT2D eigenvalue weighted by Gasteiger charge is 2.52. The predicted molar refractivity (Wildman–Crippen MR) is 154 cm³/mol. The topological polar surface area (TPSA) is 151 Å². The van der Waals surface area contributed by atoms with Gasteiger partial charge in [0.15, 0.2) is 0 Å². The van der Waals surface area contributed by atoms with Gasteiger partial charge in [-0.3, -0.25) is 19.1 Å². The van der Waals surface area contributed by atoms with Crippen LogP contribution in [0, 0.1) is 11.8 Å². The molecule has 41 heavy (non-hydrogen) atoms. The van der Waals surface area contributed by atoms with Crippen LogP contribution in [0.3, 0.4) is 0 Å². The van der Waals surface area contributed by atoms with Crippen LogP contribution >= 0.6 is 0 Å². The fourth-order valence-electron chi connectivity index (χ4n) is 6.61. The average molecular weight is 564 g/mol. The first kappa shape index (κ1) is 28.6. The maximum atomic E-state index is 13.7. The summed E-state index contributed by atoms with van der Waals surface area (Å²) in [6.07, 6.45) is 8.19. The van der Waals surface area contributed by atoms with Gasteiger partial charge in [0, 0.05) is 38.3 Å². The maximum absolute atomic E-state index is 13.7. The molecule has 11 nitrogen and oxygen atoms in total. The Kier molecular flexibility index (Phi) is 8.06. The van der Waals surface area contributed by atoms with Gasteiger partial charge < -0.3 is 26.6 Å². The Labute approximate surface area is 240 Å². The van der Waals surface area contributed by atoms with Gasteiger partial charge in [-0.1, -0.05) is 45.6 Å². The average Bonchev–Trinajstić information content (AvgIpc) is 3.58. The number of urea groups is 1. The number of nitrogens with one attached hydrogen (secondary N) is 3. The van der Waals surface area contributed by atoms with Crippen LogP contribution in [0.5, 0.6) is 0 Å². The van der Waals surface area contributed by atoms with Gasteiger partial charge in [0.25, 0.3) is 5.91 Å². The zero-order valence-corrected chi connectivity index (χ0v) is 24.1. The smallest absolute Gasteiger partial charge is 0.318 e. The summed E-state index contributed by atoms with van der Waals surface area (Å²) in [6.45, 7) is 4.48. The highest BCUT2D eigenvalue weighted by molar-refractivity contribution is 6.01. The summed E-state index contributed by atoms with van der Waals surface area (Å²) in [6, 6.07) is 6.15. The van der Waals surface area contributed by atoms with Crippen molar-refractivity contribution in [3.05, 3.63) is 47.3 Å². The molecule has 5 rings (SSSR count). The highest BCUT2D eigenvalue weighted by atomic mass is 16.2. The number of fused-ring (bicyclic) bond motifs is 1. The first-order chi connectivity index (χ1) is 19.6. The summed E-state index contributed by atoms with van der Waals surface area (Å²) in [5.41, 5.74) is 7.56. The minimum absolute atomic E-state index is 0.0224. The zero-order chi connectivity index (χ0) is 29.3. The number of rotatable bonds is 8. The van der Waals surface area contributed by atoms with Gasteiger partial charge >= 0.3 is 6.03 Å². The van der Waals surface area contributed by atoms with Crippen LogP contribution in [0.15, 0.2) is 30.5 Å². The number of anilines is 1. The second-order valence-corrected chi connectivity index (χ2v) is 12.2. The molecule has 1 unspecified atom stereocenters. The number of amides is 5. The lowest BCUT2D eigenvalue weighted by Gasteiger charge is -2.35. The van der Waals surface area contributed by atoms with E-state index in [4.69, 9.17) is 5.73 Å². The number of carbonyl (C=O) groups is 4. The van der Waals surface area contributed by atoms with Crippen LogP contribution < -0.4 is 21.7 Å². The number of hydrogen-bond donors (Lipinski definition) is 4. The van der Waals surface area contributed by atoms with Gasteiger partial charge in [-0.05, 0) is 54.0 Å². The number of benzene rings is 1. The second-order valence-electron chi connectivity index (χ2n) is 12.2. The number of aromatic nitrogens is 2.